The van der Waals surface area contributed by atoms with Crippen molar-refractivity contribution in [1.29, 1.82) is 0 Å². The van der Waals surface area contributed by atoms with Gasteiger partial charge in [-0.1, -0.05) is 6.42 Å². The number of hydrogen-bond acceptors (Lipinski definition) is 2. The summed E-state index contributed by atoms with van der Waals surface area (Å²) in [4.78, 5) is 6.70. The third-order valence-corrected chi connectivity index (χ3v) is 3.08. The van der Waals surface area contributed by atoms with E-state index in [1.807, 2.05) is 6.20 Å². The molecule has 0 amide bonds. The summed E-state index contributed by atoms with van der Waals surface area (Å²) in [6.07, 6.45) is 5.92. The van der Waals surface area contributed by atoms with E-state index >= 15 is 0 Å². The minimum atomic E-state index is 0.616. The predicted octanol–water partition coefficient (Wildman–Crippen LogP) is 2.55. The van der Waals surface area contributed by atoms with E-state index in [2.05, 4.69) is 36.0 Å². The maximum Gasteiger partial charge on any atom is 0.0375 e. The van der Waals surface area contributed by atoms with Crippen LogP contribution in [0.2, 0.25) is 0 Å². The molecule has 0 aliphatic carbocycles. The standard InChI is InChI=1S/C12H18N2/c1-10-9-11(6-7-13-10)12-5-3-4-8-14(12)2/h6-7,9,12H,3-5,8H2,1-2H3. The molecule has 1 aromatic rings. The summed E-state index contributed by atoms with van der Waals surface area (Å²) in [5, 5.41) is 0. The number of piperidine rings is 1. The molecule has 0 saturated carbocycles. The Balaban J connectivity index is 2.20. The van der Waals surface area contributed by atoms with Gasteiger partial charge in [0.05, 0.1) is 0 Å². The molecule has 1 aliphatic rings. The van der Waals surface area contributed by atoms with Crippen LogP contribution in [-0.2, 0) is 0 Å². The number of hydrogen-bond donors (Lipinski definition) is 0. The molecule has 0 N–H and O–H groups in total. The lowest BCUT2D eigenvalue weighted by Gasteiger charge is -2.32. The Morgan fingerprint density at radius 2 is 2.29 bits per heavy atom. The zero-order valence-electron chi connectivity index (χ0n) is 9.03. The first-order chi connectivity index (χ1) is 6.77. The number of pyridine rings is 1. The zero-order chi connectivity index (χ0) is 9.97. The summed E-state index contributed by atoms with van der Waals surface area (Å²) >= 11 is 0. The Labute approximate surface area is 86.0 Å². The van der Waals surface area contributed by atoms with Crippen LogP contribution in [0.1, 0.15) is 36.6 Å². The summed E-state index contributed by atoms with van der Waals surface area (Å²) in [6, 6.07) is 4.98. The van der Waals surface area contributed by atoms with Crippen LogP contribution in [0.25, 0.3) is 0 Å². The third-order valence-electron chi connectivity index (χ3n) is 3.08. The molecule has 76 valence electrons. The van der Waals surface area contributed by atoms with E-state index in [1.165, 1.54) is 31.4 Å². The summed E-state index contributed by atoms with van der Waals surface area (Å²) in [5.41, 5.74) is 2.56. The second kappa shape index (κ2) is 4.09. The maximum absolute atomic E-state index is 4.24. The highest BCUT2D eigenvalue weighted by molar-refractivity contribution is 5.19. The van der Waals surface area contributed by atoms with Gasteiger partial charge in [-0.15, -0.1) is 0 Å². The average molecular weight is 190 g/mol. The first-order valence-electron chi connectivity index (χ1n) is 5.40. The Morgan fingerprint density at radius 3 is 3.00 bits per heavy atom. The quantitative estimate of drug-likeness (QED) is 0.676. The van der Waals surface area contributed by atoms with E-state index in [0.717, 1.165) is 5.69 Å². The van der Waals surface area contributed by atoms with Crippen LogP contribution >= 0.6 is 0 Å². The first-order valence-corrected chi connectivity index (χ1v) is 5.40. The molecular formula is C12H18N2. The van der Waals surface area contributed by atoms with Gasteiger partial charge in [0, 0.05) is 17.9 Å². The summed E-state index contributed by atoms with van der Waals surface area (Å²) in [7, 11) is 2.22. The van der Waals surface area contributed by atoms with Gasteiger partial charge in [-0.25, -0.2) is 0 Å². The highest BCUT2D eigenvalue weighted by Gasteiger charge is 2.20. The van der Waals surface area contributed by atoms with Crippen molar-refractivity contribution in [2.24, 2.45) is 0 Å². The molecule has 0 bridgehead atoms. The highest BCUT2D eigenvalue weighted by Crippen LogP contribution is 2.29. The summed E-state index contributed by atoms with van der Waals surface area (Å²) < 4.78 is 0. The third kappa shape index (κ3) is 1.95. The molecule has 2 rings (SSSR count). The molecule has 1 aliphatic heterocycles. The molecule has 1 unspecified atom stereocenters. The van der Waals surface area contributed by atoms with E-state index in [1.54, 1.807) is 0 Å². The van der Waals surface area contributed by atoms with Crippen LogP contribution in [0.4, 0.5) is 0 Å². The van der Waals surface area contributed by atoms with Crippen LogP contribution in [0.5, 0.6) is 0 Å². The largest absolute Gasteiger partial charge is 0.299 e. The molecule has 2 heteroatoms. The average Bonchev–Trinajstić information content (AvgIpc) is 2.18. The van der Waals surface area contributed by atoms with Gasteiger partial charge in [-0.2, -0.15) is 0 Å². The second-order valence-electron chi connectivity index (χ2n) is 4.22. The van der Waals surface area contributed by atoms with E-state index in [0.29, 0.717) is 6.04 Å². The van der Waals surface area contributed by atoms with Crippen LogP contribution < -0.4 is 0 Å². The van der Waals surface area contributed by atoms with Crippen LogP contribution in [-0.4, -0.2) is 23.5 Å². The highest BCUT2D eigenvalue weighted by atomic mass is 15.1. The van der Waals surface area contributed by atoms with Gasteiger partial charge in [0.1, 0.15) is 0 Å². The van der Waals surface area contributed by atoms with Gasteiger partial charge in [0.25, 0.3) is 0 Å². The molecule has 1 fully saturated rings. The molecule has 0 spiro atoms. The Kier molecular flexibility index (Phi) is 2.82. The number of aromatic nitrogens is 1. The van der Waals surface area contributed by atoms with Crippen LogP contribution in [0.3, 0.4) is 0 Å². The molecule has 2 heterocycles. The molecule has 14 heavy (non-hydrogen) atoms. The maximum atomic E-state index is 4.24. The van der Waals surface area contributed by atoms with E-state index in [-0.39, 0.29) is 0 Å². The van der Waals surface area contributed by atoms with Crippen molar-refractivity contribution in [2.45, 2.75) is 32.2 Å². The van der Waals surface area contributed by atoms with Gasteiger partial charge < -0.3 is 0 Å². The normalized spacial score (nSPS) is 23.7. The predicted molar refractivity (Wildman–Crippen MR) is 58.2 cm³/mol. The summed E-state index contributed by atoms with van der Waals surface area (Å²) in [6.45, 7) is 3.29. The van der Waals surface area contributed by atoms with Crippen molar-refractivity contribution in [3.63, 3.8) is 0 Å². The minimum absolute atomic E-state index is 0.616. The monoisotopic (exact) mass is 190 g/mol. The Bertz CT molecular complexity index is 309. The number of likely N-dealkylation sites (tertiary alicyclic amines) is 1. The van der Waals surface area contributed by atoms with Crippen LogP contribution in [0, 0.1) is 6.92 Å². The van der Waals surface area contributed by atoms with Crippen molar-refractivity contribution in [1.82, 2.24) is 9.88 Å². The van der Waals surface area contributed by atoms with Crippen LogP contribution in [0.15, 0.2) is 18.3 Å². The fraction of sp³-hybridized carbons (Fsp3) is 0.583. The zero-order valence-corrected chi connectivity index (χ0v) is 9.03. The fourth-order valence-corrected chi connectivity index (χ4v) is 2.27. The first kappa shape index (κ1) is 9.66. The van der Waals surface area contributed by atoms with Crippen molar-refractivity contribution < 1.29 is 0 Å². The van der Waals surface area contributed by atoms with Gasteiger partial charge >= 0.3 is 0 Å². The Hall–Kier alpha value is -0.890. The molecule has 2 nitrogen and oxygen atoms in total. The minimum Gasteiger partial charge on any atom is -0.299 e. The van der Waals surface area contributed by atoms with E-state index in [4.69, 9.17) is 0 Å². The fourth-order valence-electron chi connectivity index (χ4n) is 2.27. The van der Waals surface area contributed by atoms with Gasteiger partial charge in [0.2, 0.25) is 0 Å². The van der Waals surface area contributed by atoms with Gasteiger partial charge in [0.15, 0.2) is 0 Å². The number of nitrogens with zero attached hydrogens (tertiary/aromatic N) is 2. The second-order valence-corrected chi connectivity index (χ2v) is 4.22. The topological polar surface area (TPSA) is 16.1 Å². The SMILES string of the molecule is Cc1cc(C2CCCCN2C)ccn1. The van der Waals surface area contributed by atoms with Gasteiger partial charge in [-0.3, -0.25) is 9.88 Å². The Morgan fingerprint density at radius 1 is 1.43 bits per heavy atom. The summed E-state index contributed by atoms with van der Waals surface area (Å²) in [5.74, 6) is 0. The smallest absolute Gasteiger partial charge is 0.0375 e. The lowest BCUT2D eigenvalue weighted by atomic mass is 9.96. The van der Waals surface area contributed by atoms with E-state index < -0.39 is 0 Å². The molecule has 0 radical (unpaired) electrons. The van der Waals surface area contributed by atoms with Gasteiger partial charge in [-0.05, 0) is 51.1 Å². The number of rotatable bonds is 1. The molecule has 1 aromatic heterocycles. The van der Waals surface area contributed by atoms with Crippen molar-refractivity contribution in [3.8, 4) is 0 Å². The molecule has 1 saturated heterocycles. The lowest BCUT2D eigenvalue weighted by Crippen LogP contribution is -2.29. The number of aryl methyl sites for hydroxylation is 1. The van der Waals surface area contributed by atoms with Crippen molar-refractivity contribution in [3.05, 3.63) is 29.6 Å². The van der Waals surface area contributed by atoms with E-state index in [9.17, 15) is 0 Å². The molecule has 0 aromatic carbocycles. The van der Waals surface area contributed by atoms with Crippen molar-refractivity contribution >= 4 is 0 Å². The lowest BCUT2D eigenvalue weighted by molar-refractivity contribution is 0.187. The molecule has 1 atom stereocenters. The van der Waals surface area contributed by atoms with Crippen molar-refractivity contribution in [2.75, 3.05) is 13.6 Å². The molecular weight excluding hydrogens is 172 g/mol.